The van der Waals surface area contributed by atoms with Gasteiger partial charge in [0.25, 0.3) is 5.91 Å². The van der Waals surface area contributed by atoms with E-state index in [2.05, 4.69) is 10.3 Å². The molecule has 2 heterocycles. The molecule has 1 fully saturated rings. The lowest BCUT2D eigenvalue weighted by Crippen LogP contribution is -2.43. The molecule has 152 valence electrons. The van der Waals surface area contributed by atoms with E-state index >= 15 is 0 Å². The van der Waals surface area contributed by atoms with Crippen LogP contribution >= 0.6 is 0 Å². The number of ether oxygens (including phenoxy) is 1. The Kier molecular flexibility index (Phi) is 6.94. The largest absolute Gasteiger partial charge is 0.484 e. The molecular formula is C22H25N3O4. The summed E-state index contributed by atoms with van der Waals surface area (Å²) >= 11 is 0. The summed E-state index contributed by atoms with van der Waals surface area (Å²) in [6, 6.07) is 10.3. The Bertz CT molecular complexity index is 844. The number of piperidine rings is 1. The normalized spacial score (nSPS) is 14.3. The first-order chi connectivity index (χ1) is 14.1. The summed E-state index contributed by atoms with van der Waals surface area (Å²) in [5, 5.41) is 2.89. The second kappa shape index (κ2) is 9.82. The van der Waals surface area contributed by atoms with Crippen LogP contribution in [0.1, 0.15) is 36.5 Å². The molecule has 7 nitrogen and oxygen atoms in total. The molecular weight excluding hydrogens is 370 g/mol. The van der Waals surface area contributed by atoms with Crippen LogP contribution in [0.2, 0.25) is 0 Å². The Balaban J connectivity index is 1.43. The molecule has 0 aliphatic carbocycles. The van der Waals surface area contributed by atoms with Gasteiger partial charge >= 0.3 is 0 Å². The van der Waals surface area contributed by atoms with Crippen molar-refractivity contribution in [1.29, 1.82) is 0 Å². The van der Waals surface area contributed by atoms with Crippen LogP contribution in [0, 0.1) is 5.92 Å². The summed E-state index contributed by atoms with van der Waals surface area (Å²) in [7, 11) is 0. The number of hydrogen-bond acceptors (Lipinski definition) is 5. The topological polar surface area (TPSA) is 88.6 Å². The first kappa shape index (κ1) is 20.5. The third kappa shape index (κ3) is 5.63. The van der Waals surface area contributed by atoms with Crippen molar-refractivity contribution < 1.29 is 19.1 Å². The summed E-state index contributed by atoms with van der Waals surface area (Å²) in [6.07, 6.45) is 4.96. The Morgan fingerprint density at radius 2 is 1.72 bits per heavy atom. The van der Waals surface area contributed by atoms with Crippen molar-refractivity contribution in [3.05, 3.63) is 54.4 Å². The van der Waals surface area contributed by atoms with E-state index in [1.807, 2.05) is 6.92 Å². The molecule has 0 bridgehead atoms. The average Bonchev–Trinajstić information content (AvgIpc) is 2.78. The Hall–Kier alpha value is -3.22. The van der Waals surface area contributed by atoms with Gasteiger partial charge in [-0.15, -0.1) is 0 Å². The standard InChI is InChI=1S/C22H25N3O4/c1-2-20(26)16-3-5-19(6-4-16)29-15-21(27)25-13-9-17(10-14-25)22(28)24-18-7-11-23-12-8-18/h3-8,11-12,17H,2,9-10,13-15H2,1H3,(H,23,24,28). The maximum atomic E-state index is 12.4. The molecule has 0 radical (unpaired) electrons. The van der Waals surface area contributed by atoms with Crippen molar-refractivity contribution in [2.45, 2.75) is 26.2 Å². The number of pyridine rings is 1. The smallest absolute Gasteiger partial charge is 0.260 e. The number of Topliss-reactive ketones (excluding diaryl/α,β-unsaturated/α-hetero) is 1. The van der Waals surface area contributed by atoms with Gasteiger partial charge in [0.15, 0.2) is 12.4 Å². The second-order valence-corrected chi connectivity index (χ2v) is 6.97. The lowest BCUT2D eigenvalue weighted by Gasteiger charge is -2.31. The molecule has 0 unspecified atom stereocenters. The molecule has 2 amide bonds. The fourth-order valence-electron chi connectivity index (χ4n) is 3.25. The van der Waals surface area contributed by atoms with Gasteiger partial charge in [-0.05, 0) is 49.2 Å². The summed E-state index contributed by atoms with van der Waals surface area (Å²) in [5.41, 5.74) is 1.36. The van der Waals surface area contributed by atoms with E-state index in [9.17, 15) is 14.4 Å². The highest BCUT2D eigenvalue weighted by Crippen LogP contribution is 2.20. The number of ketones is 1. The minimum Gasteiger partial charge on any atom is -0.484 e. The van der Waals surface area contributed by atoms with Gasteiger partial charge in [0.2, 0.25) is 5.91 Å². The zero-order valence-electron chi connectivity index (χ0n) is 16.5. The van der Waals surface area contributed by atoms with Crippen molar-refractivity contribution in [3.8, 4) is 5.75 Å². The summed E-state index contributed by atoms with van der Waals surface area (Å²) in [5.74, 6) is 0.380. The minimum atomic E-state index is -0.114. The Labute approximate surface area is 170 Å². The number of carbonyl (C=O) groups excluding carboxylic acids is 3. The molecule has 1 aliphatic heterocycles. The molecule has 29 heavy (non-hydrogen) atoms. The number of rotatable bonds is 7. The van der Waals surface area contributed by atoms with Crippen LogP contribution in [-0.2, 0) is 9.59 Å². The molecule has 0 spiro atoms. The van der Waals surface area contributed by atoms with Crippen molar-refractivity contribution in [2.75, 3.05) is 25.0 Å². The van der Waals surface area contributed by atoms with E-state index in [0.29, 0.717) is 43.7 Å². The molecule has 1 aliphatic rings. The Morgan fingerprint density at radius 3 is 2.34 bits per heavy atom. The van der Waals surface area contributed by atoms with Crippen molar-refractivity contribution >= 4 is 23.3 Å². The molecule has 1 aromatic carbocycles. The molecule has 1 saturated heterocycles. The number of anilines is 1. The number of aromatic nitrogens is 1. The SMILES string of the molecule is CCC(=O)c1ccc(OCC(=O)N2CCC(C(=O)Nc3ccncc3)CC2)cc1. The molecule has 0 atom stereocenters. The van der Waals surface area contributed by atoms with E-state index in [0.717, 1.165) is 5.69 Å². The maximum Gasteiger partial charge on any atom is 0.260 e. The average molecular weight is 395 g/mol. The van der Waals surface area contributed by atoms with Gasteiger partial charge in [0.1, 0.15) is 5.75 Å². The highest BCUT2D eigenvalue weighted by Gasteiger charge is 2.27. The second-order valence-electron chi connectivity index (χ2n) is 6.97. The van der Waals surface area contributed by atoms with Crippen LogP contribution in [0.5, 0.6) is 5.75 Å². The first-order valence-corrected chi connectivity index (χ1v) is 9.81. The van der Waals surface area contributed by atoms with Crippen LogP contribution in [0.15, 0.2) is 48.8 Å². The van der Waals surface area contributed by atoms with Crippen LogP contribution in [0.4, 0.5) is 5.69 Å². The molecule has 2 aromatic rings. The van der Waals surface area contributed by atoms with E-state index in [-0.39, 0.29) is 30.1 Å². The zero-order chi connectivity index (χ0) is 20.6. The quantitative estimate of drug-likeness (QED) is 0.728. The summed E-state index contributed by atoms with van der Waals surface area (Å²) in [4.78, 5) is 42.1. The van der Waals surface area contributed by atoms with Gasteiger partial charge in [-0.1, -0.05) is 6.92 Å². The highest BCUT2D eigenvalue weighted by molar-refractivity contribution is 5.96. The highest BCUT2D eigenvalue weighted by atomic mass is 16.5. The monoisotopic (exact) mass is 395 g/mol. The third-order valence-corrected chi connectivity index (χ3v) is 5.03. The number of likely N-dealkylation sites (tertiary alicyclic amines) is 1. The predicted octanol–water partition coefficient (Wildman–Crippen LogP) is 2.93. The van der Waals surface area contributed by atoms with E-state index in [1.165, 1.54) is 0 Å². The minimum absolute atomic E-state index is 0.0266. The molecule has 1 N–H and O–H groups in total. The molecule has 0 saturated carbocycles. The summed E-state index contributed by atoms with van der Waals surface area (Å²) < 4.78 is 5.55. The van der Waals surface area contributed by atoms with Crippen LogP contribution < -0.4 is 10.1 Å². The van der Waals surface area contributed by atoms with Crippen molar-refractivity contribution in [2.24, 2.45) is 5.92 Å². The van der Waals surface area contributed by atoms with Crippen molar-refractivity contribution in [3.63, 3.8) is 0 Å². The van der Waals surface area contributed by atoms with Gasteiger partial charge in [0, 0.05) is 49.1 Å². The van der Waals surface area contributed by atoms with E-state index < -0.39 is 0 Å². The fourth-order valence-corrected chi connectivity index (χ4v) is 3.25. The molecule has 3 rings (SSSR count). The van der Waals surface area contributed by atoms with E-state index in [4.69, 9.17) is 4.74 Å². The number of hydrogen-bond donors (Lipinski definition) is 1. The number of carbonyl (C=O) groups is 3. The lowest BCUT2D eigenvalue weighted by molar-refractivity contribution is -0.136. The van der Waals surface area contributed by atoms with Crippen LogP contribution in [0.3, 0.4) is 0 Å². The van der Waals surface area contributed by atoms with Crippen LogP contribution in [0.25, 0.3) is 0 Å². The zero-order valence-corrected chi connectivity index (χ0v) is 16.5. The Morgan fingerprint density at radius 1 is 1.07 bits per heavy atom. The molecule has 1 aromatic heterocycles. The number of nitrogens with one attached hydrogen (secondary N) is 1. The van der Waals surface area contributed by atoms with Crippen molar-refractivity contribution in [1.82, 2.24) is 9.88 Å². The predicted molar refractivity (Wildman–Crippen MR) is 109 cm³/mol. The van der Waals surface area contributed by atoms with Gasteiger partial charge in [0.05, 0.1) is 0 Å². The lowest BCUT2D eigenvalue weighted by atomic mass is 9.96. The molecule has 7 heteroatoms. The van der Waals surface area contributed by atoms with Gasteiger partial charge in [-0.3, -0.25) is 19.4 Å². The maximum absolute atomic E-state index is 12.4. The van der Waals surface area contributed by atoms with Gasteiger partial charge in [-0.25, -0.2) is 0 Å². The van der Waals surface area contributed by atoms with Crippen LogP contribution in [-0.4, -0.2) is 47.2 Å². The number of benzene rings is 1. The van der Waals surface area contributed by atoms with Gasteiger partial charge in [-0.2, -0.15) is 0 Å². The van der Waals surface area contributed by atoms with Gasteiger partial charge < -0.3 is 15.0 Å². The third-order valence-electron chi connectivity index (χ3n) is 5.03. The van der Waals surface area contributed by atoms with E-state index in [1.54, 1.807) is 53.7 Å². The number of amides is 2. The first-order valence-electron chi connectivity index (χ1n) is 9.81. The summed E-state index contributed by atoms with van der Waals surface area (Å²) in [6.45, 7) is 2.81. The number of nitrogens with zero attached hydrogens (tertiary/aromatic N) is 2. The fraction of sp³-hybridized carbons (Fsp3) is 0.364.